The van der Waals surface area contributed by atoms with Crippen LogP contribution in [-0.4, -0.2) is 44.4 Å². The molecule has 0 heterocycles. The number of methoxy groups -OCH3 is 1. The molecule has 4 N–H and O–H groups in total. The van der Waals surface area contributed by atoms with Crippen LogP contribution in [0.1, 0.15) is 36.7 Å². The van der Waals surface area contributed by atoms with Gasteiger partial charge >= 0.3 is 12.1 Å². The van der Waals surface area contributed by atoms with Gasteiger partial charge in [0.1, 0.15) is 5.60 Å². The molecule has 0 atom stereocenters. The first kappa shape index (κ1) is 20.3. The first-order valence-corrected chi connectivity index (χ1v) is 7.89. The zero-order valence-corrected chi connectivity index (χ0v) is 15.1. The minimum atomic E-state index is -0.568. The molecule has 0 bridgehead atoms. The molecule has 0 spiro atoms. The second-order valence-corrected chi connectivity index (χ2v) is 6.12. The Morgan fingerprint density at radius 2 is 2.00 bits per heavy atom. The molecule has 1 amide bonds. The van der Waals surface area contributed by atoms with Gasteiger partial charge in [0, 0.05) is 24.3 Å². The van der Waals surface area contributed by atoms with E-state index in [4.69, 9.17) is 15.2 Å². The van der Waals surface area contributed by atoms with E-state index >= 15 is 0 Å². The molecule has 1 aromatic carbocycles. The molecule has 7 heteroatoms. The van der Waals surface area contributed by atoms with Crippen LogP contribution in [0.25, 0.3) is 0 Å². The van der Waals surface area contributed by atoms with Gasteiger partial charge in [-0.25, -0.2) is 9.59 Å². The molecule has 1 rings (SSSR count). The van der Waals surface area contributed by atoms with Crippen molar-refractivity contribution in [3.63, 3.8) is 0 Å². The van der Waals surface area contributed by atoms with E-state index in [9.17, 15) is 9.59 Å². The van der Waals surface area contributed by atoms with Crippen LogP contribution >= 0.6 is 0 Å². The Kier molecular flexibility index (Phi) is 7.76. The number of amides is 1. The molecule has 0 radical (unpaired) electrons. The van der Waals surface area contributed by atoms with Gasteiger partial charge in [-0.1, -0.05) is 11.8 Å². The number of benzene rings is 1. The summed E-state index contributed by atoms with van der Waals surface area (Å²) >= 11 is 0. The highest BCUT2D eigenvalue weighted by Gasteiger charge is 2.15. The molecule has 0 unspecified atom stereocenters. The van der Waals surface area contributed by atoms with Crippen LogP contribution in [0.2, 0.25) is 0 Å². The average Bonchev–Trinajstić information content (AvgIpc) is 2.55. The molecule has 0 aliphatic carbocycles. The van der Waals surface area contributed by atoms with Crippen LogP contribution in [-0.2, 0) is 9.47 Å². The topological polar surface area (TPSA) is 103 Å². The van der Waals surface area contributed by atoms with Gasteiger partial charge in [0.05, 0.1) is 19.2 Å². The molecule has 136 valence electrons. The fourth-order valence-corrected chi connectivity index (χ4v) is 1.83. The maximum Gasteiger partial charge on any atom is 0.408 e. The molecule has 0 fully saturated rings. The van der Waals surface area contributed by atoms with Crippen LogP contribution < -0.4 is 16.4 Å². The number of nitrogens with one attached hydrogen (secondary N) is 2. The lowest BCUT2D eigenvalue weighted by Gasteiger charge is -2.19. The van der Waals surface area contributed by atoms with E-state index in [2.05, 4.69) is 22.5 Å². The lowest BCUT2D eigenvalue weighted by molar-refractivity contribution is 0.0533. The third kappa shape index (κ3) is 7.59. The summed E-state index contributed by atoms with van der Waals surface area (Å²) in [5.41, 5.74) is 6.49. The Balaban J connectivity index is 2.81. The normalized spacial score (nSPS) is 10.3. The van der Waals surface area contributed by atoms with Crippen molar-refractivity contribution in [2.75, 3.05) is 32.1 Å². The van der Waals surface area contributed by atoms with E-state index in [1.165, 1.54) is 7.11 Å². The number of hydrogen-bond acceptors (Lipinski definition) is 6. The summed E-state index contributed by atoms with van der Waals surface area (Å²) in [4.78, 5) is 23.5. The molecule has 0 saturated heterocycles. The summed E-state index contributed by atoms with van der Waals surface area (Å²) in [5, 5.41) is 5.62. The Labute approximate surface area is 148 Å². The smallest absolute Gasteiger partial charge is 0.408 e. The van der Waals surface area contributed by atoms with E-state index < -0.39 is 17.7 Å². The number of nitrogens with two attached hydrogens (primary N) is 1. The minimum absolute atomic E-state index is 0.0999. The summed E-state index contributed by atoms with van der Waals surface area (Å²) in [6, 6.07) is 5.17. The highest BCUT2D eigenvalue weighted by atomic mass is 16.6. The van der Waals surface area contributed by atoms with Gasteiger partial charge in [0.15, 0.2) is 0 Å². The Bertz CT molecular complexity index is 669. The van der Waals surface area contributed by atoms with Crippen LogP contribution in [0.4, 0.5) is 10.5 Å². The van der Waals surface area contributed by atoms with Crippen LogP contribution in [0, 0.1) is 11.8 Å². The summed E-state index contributed by atoms with van der Waals surface area (Å²) in [7, 11) is 1.31. The number of alkyl carbamates (subject to hydrolysis) is 1. The van der Waals surface area contributed by atoms with Gasteiger partial charge in [-0.15, -0.1) is 0 Å². The third-order valence-electron chi connectivity index (χ3n) is 2.84. The third-order valence-corrected chi connectivity index (χ3v) is 2.84. The van der Waals surface area contributed by atoms with Gasteiger partial charge in [0.2, 0.25) is 0 Å². The Morgan fingerprint density at radius 1 is 1.28 bits per heavy atom. The minimum Gasteiger partial charge on any atom is -0.465 e. The number of esters is 1. The largest absolute Gasteiger partial charge is 0.465 e. The lowest BCUT2D eigenvalue weighted by Crippen LogP contribution is -2.32. The van der Waals surface area contributed by atoms with Crippen molar-refractivity contribution in [3.05, 3.63) is 29.3 Å². The predicted octanol–water partition coefficient (Wildman–Crippen LogP) is 1.72. The molecular weight excluding hydrogens is 322 g/mol. The highest BCUT2D eigenvalue weighted by molar-refractivity contribution is 5.93. The zero-order valence-electron chi connectivity index (χ0n) is 15.1. The van der Waals surface area contributed by atoms with Crippen molar-refractivity contribution >= 4 is 17.7 Å². The van der Waals surface area contributed by atoms with E-state index in [0.29, 0.717) is 24.2 Å². The molecular formula is C18H25N3O4. The lowest BCUT2D eigenvalue weighted by atomic mass is 10.1. The maximum atomic E-state index is 11.9. The maximum absolute atomic E-state index is 11.9. The first-order chi connectivity index (χ1) is 11.8. The number of hydrogen-bond donors (Lipinski definition) is 3. The molecule has 25 heavy (non-hydrogen) atoms. The first-order valence-electron chi connectivity index (χ1n) is 7.89. The number of carbonyl (C=O) groups is 2. The molecule has 0 aliphatic heterocycles. The van der Waals surface area contributed by atoms with Gasteiger partial charge in [-0.2, -0.15) is 0 Å². The number of ether oxygens (including phenoxy) is 2. The number of rotatable bonds is 5. The van der Waals surface area contributed by atoms with E-state index in [-0.39, 0.29) is 6.54 Å². The quantitative estimate of drug-likeness (QED) is 0.554. The van der Waals surface area contributed by atoms with Crippen molar-refractivity contribution in [2.24, 2.45) is 5.73 Å². The van der Waals surface area contributed by atoms with Crippen LogP contribution in [0.15, 0.2) is 18.2 Å². The SMILES string of the molecule is COC(=O)c1cc(NCCN)ccc1C#CCNC(=O)OC(C)(C)C. The summed E-state index contributed by atoms with van der Waals surface area (Å²) in [6.45, 7) is 6.50. The number of carbonyl (C=O) groups excluding carboxylic acids is 2. The highest BCUT2D eigenvalue weighted by Crippen LogP contribution is 2.16. The van der Waals surface area contributed by atoms with E-state index in [0.717, 1.165) is 5.69 Å². The Morgan fingerprint density at radius 3 is 2.60 bits per heavy atom. The van der Waals surface area contributed by atoms with Gasteiger partial charge in [-0.05, 0) is 39.0 Å². The van der Waals surface area contributed by atoms with Crippen LogP contribution in [0.5, 0.6) is 0 Å². The van der Waals surface area contributed by atoms with Gasteiger partial charge < -0.3 is 25.8 Å². The summed E-state index contributed by atoms with van der Waals surface area (Å²) in [6.07, 6.45) is -0.545. The summed E-state index contributed by atoms with van der Waals surface area (Å²) < 4.78 is 9.90. The van der Waals surface area contributed by atoms with Crippen LogP contribution in [0.3, 0.4) is 0 Å². The zero-order chi connectivity index (χ0) is 18.9. The van der Waals surface area contributed by atoms with E-state index in [1.54, 1.807) is 39.0 Å². The monoisotopic (exact) mass is 347 g/mol. The molecule has 0 aliphatic rings. The standard InChI is InChI=1S/C18H25N3O4/c1-18(2,3)25-17(23)21-10-5-6-13-7-8-14(20-11-9-19)12-15(13)16(22)24-4/h7-8,12,20H,9-11,19H2,1-4H3,(H,21,23). The fourth-order valence-electron chi connectivity index (χ4n) is 1.83. The summed E-state index contributed by atoms with van der Waals surface area (Å²) in [5.74, 6) is 5.16. The second-order valence-electron chi connectivity index (χ2n) is 6.12. The average molecular weight is 347 g/mol. The van der Waals surface area contributed by atoms with Crippen molar-refractivity contribution in [1.29, 1.82) is 0 Å². The fraction of sp³-hybridized carbons (Fsp3) is 0.444. The molecule has 7 nitrogen and oxygen atoms in total. The van der Waals surface area contributed by atoms with Crippen molar-refractivity contribution in [1.82, 2.24) is 5.32 Å². The van der Waals surface area contributed by atoms with Crippen molar-refractivity contribution in [2.45, 2.75) is 26.4 Å². The van der Waals surface area contributed by atoms with Gasteiger partial charge in [-0.3, -0.25) is 0 Å². The molecule has 0 aromatic heterocycles. The molecule has 0 saturated carbocycles. The van der Waals surface area contributed by atoms with Crippen molar-refractivity contribution in [3.8, 4) is 11.8 Å². The predicted molar refractivity (Wildman–Crippen MR) is 96.4 cm³/mol. The Hall–Kier alpha value is -2.72. The van der Waals surface area contributed by atoms with E-state index in [1.807, 2.05) is 0 Å². The second kappa shape index (κ2) is 9.55. The van der Waals surface area contributed by atoms with Gasteiger partial charge in [0.25, 0.3) is 0 Å². The molecule has 1 aromatic rings. The van der Waals surface area contributed by atoms with Crippen molar-refractivity contribution < 1.29 is 19.1 Å². The number of anilines is 1.